The van der Waals surface area contributed by atoms with Crippen molar-refractivity contribution in [2.24, 2.45) is 0 Å². The molecule has 132 valence electrons. The average Bonchev–Trinajstić information content (AvgIpc) is 2.64. The highest BCUT2D eigenvalue weighted by Gasteiger charge is 2.09. The van der Waals surface area contributed by atoms with Crippen LogP contribution in [-0.4, -0.2) is 11.0 Å². The number of nitrogens with one attached hydrogen (secondary N) is 2. The molecule has 0 aliphatic carbocycles. The molecule has 0 aromatic heterocycles. The highest BCUT2D eigenvalue weighted by atomic mass is 35.5. The lowest BCUT2D eigenvalue weighted by molar-refractivity contribution is -0.115. The van der Waals surface area contributed by atoms with Gasteiger partial charge in [0, 0.05) is 17.8 Å². The molecule has 3 rings (SSSR count). The first-order valence-corrected chi connectivity index (χ1v) is 8.63. The van der Waals surface area contributed by atoms with E-state index in [1.807, 2.05) is 36.4 Å². The van der Waals surface area contributed by atoms with E-state index in [1.165, 1.54) is 0 Å². The van der Waals surface area contributed by atoms with Crippen LogP contribution in [0, 0.1) is 0 Å². The summed E-state index contributed by atoms with van der Waals surface area (Å²) in [5, 5.41) is 16.4. The Morgan fingerprint density at radius 3 is 2.42 bits per heavy atom. The van der Waals surface area contributed by atoms with Crippen LogP contribution in [-0.2, 0) is 17.8 Å². The van der Waals surface area contributed by atoms with E-state index >= 15 is 0 Å². The number of benzene rings is 3. The molecule has 0 bridgehead atoms. The topological polar surface area (TPSA) is 61.4 Å². The third kappa shape index (κ3) is 4.77. The summed E-state index contributed by atoms with van der Waals surface area (Å²) in [5.41, 5.74) is 3.15. The predicted molar refractivity (Wildman–Crippen MR) is 106 cm³/mol. The van der Waals surface area contributed by atoms with Crippen molar-refractivity contribution in [3.05, 3.63) is 88.9 Å². The third-order valence-electron chi connectivity index (χ3n) is 3.92. The molecule has 1 amide bonds. The van der Waals surface area contributed by atoms with Crippen LogP contribution >= 0.6 is 11.6 Å². The fraction of sp³-hybridized carbons (Fsp3) is 0.0952. The van der Waals surface area contributed by atoms with Crippen LogP contribution in [0.15, 0.2) is 72.8 Å². The molecule has 0 aliphatic heterocycles. The van der Waals surface area contributed by atoms with Crippen LogP contribution in [0.2, 0.25) is 5.02 Å². The van der Waals surface area contributed by atoms with Gasteiger partial charge in [-0.1, -0.05) is 60.1 Å². The maximum Gasteiger partial charge on any atom is 0.228 e. The molecule has 0 saturated heterocycles. The number of carbonyl (C=O) groups excluding carboxylic acids is 1. The van der Waals surface area contributed by atoms with Crippen molar-refractivity contribution in [1.29, 1.82) is 0 Å². The van der Waals surface area contributed by atoms with Crippen LogP contribution < -0.4 is 10.6 Å². The Balaban J connectivity index is 1.60. The van der Waals surface area contributed by atoms with E-state index in [-0.39, 0.29) is 18.1 Å². The number of rotatable bonds is 6. The molecule has 0 radical (unpaired) electrons. The van der Waals surface area contributed by atoms with E-state index in [4.69, 9.17) is 11.6 Å². The van der Waals surface area contributed by atoms with Gasteiger partial charge in [-0.05, 0) is 29.8 Å². The van der Waals surface area contributed by atoms with Crippen molar-refractivity contribution in [3.63, 3.8) is 0 Å². The fourth-order valence-electron chi connectivity index (χ4n) is 2.57. The standard InChI is InChI=1S/C21H19ClN2O2/c22-18-13-17(24-21(26)12-16-8-4-5-9-20(16)25)10-11-19(18)23-14-15-6-2-1-3-7-15/h1-11,13,23,25H,12,14H2,(H,24,26). The van der Waals surface area contributed by atoms with Crippen LogP contribution in [0.5, 0.6) is 5.75 Å². The van der Waals surface area contributed by atoms with Crippen LogP contribution in [0.4, 0.5) is 11.4 Å². The first kappa shape index (κ1) is 17.8. The predicted octanol–water partition coefficient (Wildman–Crippen LogP) is 4.84. The summed E-state index contributed by atoms with van der Waals surface area (Å²) in [7, 11) is 0. The smallest absolute Gasteiger partial charge is 0.228 e. The Morgan fingerprint density at radius 1 is 0.962 bits per heavy atom. The second-order valence-corrected chi connectivity index (χ2v) is 6.29. The zero-order valence-electron chi connectivity index (χ0n) is 14.1. The van der Waals surface area contributed by atoms with Gasteiger partial charge >= 0.3 is 0 Å². The summed E-state index contributed by atoms with van der Waals surface area (Å²) in [6.07, 6.45) is 0.0955. The highest BCUT2D eigenvalue weighted by Crippen LogP contribution is 2.26. The lowest BCUT2D eigenvalue weighted by Gasteiger charge is -2.11. The molecule has 0 aliphatic rings. The van der Waals surface area contributed by atoms with Gasteiger partial charge in [-0.15, -0.1) is 0 Å². The van der Waals surface area contributed by atoms with E-state index < -0.39 is 0 Å². The Morgan fingerprint density at radius 2 is 1.69 bits per heavy atom. The Labute approximate surface area is 157 Å². The molecule has 0 saturated carbocycles. The normalized spacial score (nSPS) is 10.3. The van der Waals surface area contributed by atoms with E-state index in [9.17, 15) is 9.90 Å². The molecule has 0 atom stereocenters. The Bertz CT molecular complexity index is 898. The summed E-state index contributed by atoms with van der Waals surface area (Å²) in [4.78, 5) is 12.2. The zero-order valence-corrected chi connectivity index (χ0v) is 14.8. The van der Waals surface area contributed by atoms with Crippen LogP contribution in [0.3, 0.4) is 0 Å². The summed E-state index contributed by atoms with van der Waals surface area (Å²) < 4.78 is 0. The molecule has 5 heteroatoms. The molecule has 3 aromatic carbocycles. The second kappa shape index (κ2) is 8.41. The second-order valence-electron chi connectivity index (χ2n) is 5.89. The molecule has 26 heavy (non-hydrogen) atoms. The number of anilines is 2. The van der Waals surface area contributed by atoms with Crippen LogP contribution in [0.1, 0.15) is 11.1 Å². The van der Waals surface area contributed by atoms with Crippen molar-refractivity contribution < 1.29 is 9.90 Å². The number of phenolic OH excluding ortho intramolecular Hbond substituents is 1. The number of hydrogen-bond donors (Lipinski definition) is 3. The highest BCUT2D eigenvalue weighted by molar-refractivity contribution is 6.33. The van der Waals surface area contributed by atoms with E-state index in [1.54, 1.807) is 36.4 Å². The lowest BCUT2D eigenvalue weighted by atomic mass is 10.1. The minimum atomic E-state index is -0.215. The SMILES string of the molecule is O=C(Cc1ccccc1O)Nc1ccc(NCc2ccccc2)c(Cl)c1. The fourth-order valence-corrected chi connectivity index (χ4v) is 2.82. The quantitative estimate of drug-likeness (QED) is 0.585. The number of carbonyl (C=O) groups is 1. The van der Waals surface area contributed by atoms with E-state index in [2.05, 4.69) is 10.6 Å². The minimum Gasteiger partial charge on any atom is -0.508 e. The van der Waals surface area contributed by atoms with E-state index in [0.717, 1.165) is 11.3 Å². The van der Waals surface area contributed by atoms with Crippen molar-refractivity contribution >= 4 is 28.9 Å². The van der Waals surface area contributed by atoms with Gasteiger partial charge in [0.15, 0.2) is 0 Å². The van der Waals surface area contributed by atoms with Gasteiger partial charge < -0.3 is 15.7 Å². The molecule has 0 heterocycles. The van der Waals surface area contributed by atoms with Gasteiger partial charge in [-0.2, -0.15) is 0 Å². The van der Waals surface area contributed by atoms with Gasteiger partial charge in [0.25, 0.3) is 0 Å². The monoisotopic (exact) mass is 366 g/mol. The van der Waals surface area contributed by atoms with E-state index in [0.29, 0.717) is 22.8 Å². The maximum absolute atomic E-state index is 12.2. The summed E-state index contributed by atoms with van der Waals surface area (Å²) in [6, 6.07) is 22.1. The van der Waals surface area contributed by atoms with Crippen molar-refractivity contribution in [1.82, 2.24) is 0 Å². The average molecular weight is 367 g/mol. The van der Waals surface area contributed by atoms with Crippen LogP contribution in [0.25, 0.3) is 0 Å². The molecular weight excluding hydrogens is 348 g/mol. The van der Waals surface area contributed by atoms with Gasteiger partial charge in [-0.3, -0.25) is 4.79 Å². The Kier molecular flexibility index (Phi) is 5.77. The van der Waals surface area contributed by atoms with Crippen molar-refractivity contribution in [3.8, 4) is 5.75 Å². The summed E-state index contributed by atoms with van der Waals surface area (Å²) >= 11 is 6.31. The van der Waals surface area contributed by atoms with Crippen molar-refractivity contribution in [2.45, 2.75) is 13.0 Å². The lowest BCUT2D eigenvalue weighted by Crippen LogP contribution is -2.14. The maximum atomic E-state index is 12.2. The molecule has 4 nitrogen and oxygen atoms in total. The minimum absolute atomic E-state index is 0.0955. The first-order valence-electron chi connectivity index (χ1n) is 8.26. The number of para-hydroxylation sites is 1. The first-order chi connectivity index (χ1) is 12.6. The van der Waals surface area contributed by atoms with Gasteiger partial charge in [0.2, 0.25) is 5.91 Å². The zero-order chi connectivity index (χ0) is 18.4. The summed E-state index contributed by atoms with van der Waals surface area (Å²) in [6.45, 7) is 0.666. The van der Waals surface area contributed by atoms with Crippen molar-refractivity contribution in [2.75, 3.05) is 10.6 Å². The largest absolute Gasteiger partial charge is 0.508 e. The molecular formula is C21H19ClN2O2. The number of hydrogen-bond acceptors (Lipinski definition) is 3. The number of aromatic hydroxyl groups is 1. The number of halogens is 1. The Hall–Kier alpha value is -2.98. The van der Waals surface area contributed by atoms with Gasteiger partial charge in [-0.25, -0.2) is 0 Å². The number of phenols is 1. The van der Waals surface area contributed by atoms with Gasteiger partial charge in [0.05, 0.1) is 17.1 Å². The molecule has 0 unspecified atom stereocenters. The third-order valence-corrected chi connectivity index (χ3v) is 4.23. The molecule has 0 fully saturated rings. The number of amides is 1. The van der Waals surface area contributed by atoms with Gasteiger partial charge in [0.1, 0.15) is 5.75 Å². The summed E-state index contributed by atoms with van der Waals surface area (Å²) in [5.74, 6) is -0.103. The molecule has 0 spiro atoms. The molecule has 3 aromatic rings. The molecule has 3 N–H and O–H groups in total.